The van der Waals surface area contributed by atoms with Gasteiger partial charge in [0, 0.05) is 26.2 Å². The number of aromatic hydroxyl groups is 1. The Morgan fingerprint density at radius 3 is 2.67 bits per heavy atom. The van der Waals surface area contributed by atoms with Crippen LogP contribution in [-0.2, 0) is 16.0 Å². The van der Waals surface area contributed by atoms with E-state index in [1.807, 2.05) is 28.0 Å². The van der Waals surface area contributed by atoms with Crippen LogP contribution in [0.3, 0.4) is 0 Å². The maximum Gasteiger partial charge on any atom is 0.320 e. The fourth-order valence-corrected chi connectivity index (χ4v) is 4.40. The SMILES string of the molecule is O=C1COC2CCN(C(=O)N3CCC(Cc4ccccc4O)CC3)C[C@H]2N1. The minimum absolute atomic E-state index is 0.0241. The number of para-hydroxylation sites is 1. The number of carbonyl (C=O) groups excluding carboxylic acids is 2. The predicted octanol–water partition coefficient (Wildman–Crippen LogP) is 1.36. The summed E-state index contributed by atoms with van der Waals surface area (Å²) in [5.74, 6) is 0.741. The summed E-state index contributed by atoms with van der Waals surface area (Å²) >= 11 is 0. The maximum absolute atomic E-state index is 12.9. The number of ether oxygens (including phenoxy) is 1. The lowest BCUT2D eigenvalue weighted by Gasteiger charge is -2.43. The fourth-order valence-electron chi connectivity index (χ4n) is 4.40. The summed E-state index contributed by atoms with van der Waals surface area (Å²) in [5.41, 5.74) is 0.984. The van der Waals surface area contributed by atoms with Crippen LogP contribution in [0.4, 0.5) is 4.79 Å². The molecule has 0 bridgehead atoms. The molecule has 3 fully saturated rings. The minimum atomic E-state index is -0.101. The summed E-state index contributed by atoms with van der Waals surface area (Å²) < 4.78 is 5.56. The monoisotopic (exact) mass is 373 g/mol. The summed E-state index contributed by atoms with van der Waals surface area (Å²) in [6, 6.07) is 7.45. The Labute approximate surface area is 159 Å². The van der Waals surface area contributed by atoms with Gasteiger partial charge in [-0.25, -0.2) is 4.79 Å². The van der Waals surface area contributed by atoms with Gasteiger partial charge < -0.3 is 25.0 Å². The van der Waals surface area contributed by atoms with E-state index in [0.717, 1.165) is 44.3 Å². The molecule has 7 nitrogen and oxygen atoms in total. The number of piperidine rings is 2. The van der Waals surface area contributed by atoms with Crippen LogP contribution in [-0.4, -0.2) is 71.8 Å². The van der Waals surface area contributed by atoms with Gasteiger partial charge in [0.05, 0.1) is 12.1 Å². The first-order valence-electron chi connectivity index (χ1n) is 9.82. The van der Waals surface area contributed by atoms with Crippen LogP contribution < -0.4 is 5.32 Å². The maximum atomic E-state index is 12.9. The van der Waals surface area contributed by atoms with Gasteiger partial charge >= 0.3 is 6.03 Å². The average molecular weight is 373 g/mol. The topological polar surface area (TPSA) is 82.1 Å². The number of likely N-dealkylation sites (tertiary alicyclic amines) is 2. The number of rotatable bonds is 2. The van der Waals surface area contributed by atoms with Crippen molar-refractivity contribution in [2.75, 3.05) is 32.8 Å². The third-order valence-electron chi connectivity index (χ3n) is 5.98. The highest BCUT2D eigenvalue weighted by molar-refractivity contribution is 5.79. The van der Waals surface area contributed by atoms with E-state index in [2.05, 4.69) is 5.32 Å². The number of phenolic OH excluding ortho intramolecular Hbond substituents is 1. The van der Waals surface area contributed by atoms with Crippen LogP contribution >= 0.6 is 0 Å². The first kappa shape index (κ1) is 18.1. The molecule has 4 rings (SSSR count). The van der Waals surface area contributed by atoms with Crippen molar-refractivity contribution in [3.05, 3.63) is 29.8 Å². The van der Waals surface area contributed by atoms with Crippen LogP contribution in [0, 0.1) is 5.92 Å². The van der Waals surface area contributed by atoms with Gasteiger partial charge in [-0.3, -0.25) is 4.79 Å². The highest BCUT2D eigenvalue weighted by atomic mass is 16.5. The lowest BCUT2D eigenvalue weighted by Crippen LogP contribution is -2.62. The molecule has 3 aliphatic rings. The summed E-state index contributed by atoms with van der Waals surface area (Å²) in [7, 11) is 0. The van der Waals surface area contributed by atoms with Crippen molar-refractivity contribution in [2.24, 2.45) is 5.92 Å². The quantitative estimate of drug-likeness (QED) is 0.820. The van der Waals surface area contributed by atoms with Crippen molar-refractivity contribution in [1.29, 1.82) is 0 Å². The lowest BCUT2D eigenvalue weighted by molar-refractivity contribution is -0.139. The third-order valence-corrected chi connectivity index (χ3v) is 5.98. The van der Waals surface area contributed by atoms with Crippen molar-refractivity contribution >= 4 is 11.9 Å². The summed E-state index contributed by atoms with van der Waals surface area (Å²) in [6.45, 7) is 2.80. The Hall–Kier alpha value is -2.28. The second kappa shape index (κ2) is 7.76. The summed E-state index contributed by atoms with van der Waals surface area (Å²) in [6.07, 6.45) is 3.53. The van der Waals surface area contributed by atoms with Gasteiger partial charge in [-0.15, -0.1) is 0 Å². The van der Waals surface area contributed by atoms with Gasteiger partial charge in [0.25, 0.3) is 0 Å². The predicted molar refractivity (Wildman–Crippen MR) is 99.4 cm³/mol. The van der Waals surface area contributed by atoms with Gasteiger partial charge in [-0.05, 0) is 43.2 Å². The molecule has 0 aliphatic carbocycles. The zero-order valence-electron chi connectivity index (χ0n) is 15.5. The summed E-state index contributed by atoms with van der Waals surface area (Å²) in [4.78, 5) is 28.2. The fraction of sp³-hybridized carbons (Fsp3) is 0.600. The van der Waals surface area contributed by atoms with E-state index < -0.39 is 0 Å². The number of morpholine rings is 1. The number of nitrogens with zero attached hydrogens (tertiary/aromatic N) is 2. The molecule has 2 atom stereocenters. The van der Waals surface area contributed by atoms with Crippen molar-refractivity contribution in [3.63, 3.8) is 0 Å². The van der Waals surface area contributed by atoms with Crippen molar-refractivity contribution < 1.29 is 19.4 Å². The molecule has 1 aromatic rings. The molecule has 1 unspecified atom stereocenters. The van der Waals surface area contributed by atoms with E-state index in [-0.39, 0.29) is 30.7 Å². The van der Waals surface area contributed by atoms with Gasteiger partial charge in [-0.1, -0.05) is 18.2 Å². The number of amides is 3. The molecular weight excluding hydrogens is 346 g/mol. The molecule has 3 heterocycles. The first-order chi connectivity index (χ1) is 13.1. The van der Waals surface area contributed by atoms with Crippen LogP contribution in [0.15, 0.2) is 24.3 Å². The van der Waals surface area contributed by atoms with Crippen LogP contribution in [0.2, 0.25) is 0 Å². The first-order valence-corrected chi connectivity index (χ1v) is 9.82. The van der Waals surface area contributed by atoms with Gasteiger partial charge in [0.2, 0.25) is 5.91 Å². The molecule has 1 aromatic carbocycles. The average Bonchev–Trinajstić information content (AvgIpc) is 2.69. The molecule has 3 aliphatic heterocycles. The Morgan fingerprint density at radius 2 is 1.89 bits per heavy atom. The Morgan fingerprint density at radius 1 is 1.15 bits per heavy atom. The molecular formula is C20H27N3O4. The minimum Gasteiger partial charge on any atom is -0.508 e. The normalized spacial score (nSPS) is 26.4. The highest BCUT2D eigenvalue weighted by Crippen LogP contribution is 2.27. The van der Waals surface area contributed by atoms with E-state index >= 15 is 0 Å². The second-order valence-electron chi connectivity index (χ2n) is 7.80. The van der Waals surface area contributed by atoms with E-state index in [1.54, 1.807) is 6.07 Å². The number of hydrogen-bond donors (Lipinski definition) is 2. The molecule has 0 aromatic heterocycles. The molecule has 27 heavy (non-hydrogen) atoms. The van der Waals surface area contributed by atoms with Crippen molar-refractivity contribution in [2.45, 2.75) is 37.8 Å². The zero-order chi connectivity index (χ0) is 18.8. The molecule has 2 N–H and O–H groups in total. The highest BCUT2D eigenvalue weighted by Gasteiger charge is 2.37. The summed E-state index contributed by atoms with van der Waals surface area (Å²) in [5, 5.41) is 12.9. The van der Waals surface area contributed by atoms with Gasteiger partial charge in [0.15, 0.2) is 0 Å². The lowest BCUT2D eigenvalue weighted by atomic mass is 9.90. The third kappa shape index (κ3) is 4.03. The number of nitrogens with one attached hydrogen (secondary N) is 1. The van der Waals surface area contributed by atoms with Crippen molar-refractivity contribution in [3.8, 4) is 5.75 Å². The zero-order valence-corrected chi connectivity index (χ0v) is 15.5. The molecule has 7 heteroatoms. The van der Waals surface area contributed by atoms with Crippen LogP contribution in [0.5, 0.6) is 5.75 Å². The smallest absolute Gasteiger partial charge is 0.320 e. The molecule has 146 valence electrons. The van der Waals surface area contributed by atoms with E-state index in [1.165, 1.54) is 0 Å². The van der Waals surface area contributed by atoms with Crippen LogP contribution in [0.1, 0.15) is 24.8 Å². The Balaban J connectivity index is 1.28. The standard InChI is InChI=1S/C20H27N3O4/c24-17-4-2-1-3-15(17)11-14-5-8-22(9-6-14)20(26)23-10-7-18-16(12-23)21-19(25)13-27-18/h1-4,14,16,18,24H,5-13H2,(H,21,25)/t16-,18?/m1/s1. The largest absolute Gasteiger partial charge is 0.508 e. The van der Waals surface area contributed by atoms with E-state index in [4.69, 9.17) is 4.74 Å². The van der Waals surface area contributed by atoms with E-state index in [0.29, 0.717) is 24.8 Å². The van der Waals surface area contributed by atoms with E-state index in [9.17, 15) is 14.7 Å². The van der Waals surface area contributed by atoms with Gasteiger partial charge in [0.1, 0.15) is 12.4 Å². The molecule has 3 saturated heterocycles. The number of fused-ring (bicyclic) bond motifs is 1. The number of urea groups is 1. The molecule has 0 spiro atoms. The molecule has 0 radical (unpaired) electrons. The Kier molecular flexibility index (Phi) is 5.20. The molecule has 0 saturated carbocycles. The second-order valence-corrected chi connectivity index (χ2v) is 7.80. The molecule has 3 amide bonds. The number of benzene rings is 1. The number of hydrogen-bond acceptors (Lipinski definition) is 4. The van der Waals surface area contributed by atoms with Gasteiger partial charge in [-0.2, -0.15) is 0 Å². The number of carbonyl (C=O) groups is 2. The Bertz CT molecular complexity index is 702. The van der Waals surface area contributed by atoms with Crippen LogP contribution in [0.25, 0.3) is 0 Å². The number of phenols is 1. The van der Waals surface area contributed by atoms with Crippen molar-refractivity contribution in [1.82, 2.24) is 15.1 Å².